The lowest BCUT2D eigenvalue weighted by molar-refractivity contribution is -0.0627. The van der Waals surface area contributed by atoms with Gasteiger partial charge in [0.05, 0.1) is 79.4 Å². The monoisotopic (exact) mass is 1270 g/mol. The predicted octanol–water partition coefficient (Wildman–Crippen LogP) is 12.7. The average molecular weight is 1270 g/mol. The molecule has 0 bridgehead atoms. The molecule has 2 saturated heterocycles. The van der Waals surface area contributed by atoms with Crippen LogP contribution in [0.1, 0.15) is 64.1 Å². The number of alkyl halides is 1. The highest BCUT2D eigenvalue weighted by Gasteiger charge is 2.25. The average Bonchev–Trinajstić information content (AvgIpc) is 3.66. The van der Waals surface area contributed by atoms with Crippen molar-refractivity contribution in [2.75, 3.05) is 112 Å². The van der Waals surface area contributed by atoms with Crippen molar-refractivity contribution in [3.63, 3.8) is 0 Å². The van der Waals surface area contributed by atoms with E-state index in [1.54, 1.807) is 23.6 Å². The number of aryl methyl sites for hydroxylation is 2. The molecular formula is C66H83IN10O8. The second kappa shape index (κ2) is 30.3. The largest absolute Gasteiger partial charge is 0.492 e. The fourth-order valence-corrected chi connectivity index (χ4v) is 9.83. The number of anilines is 4. The second-order valence-corrected chi connectivity index (χ2v) is 24.2. The number of carbonyl (C=O) groups is 2. The molecule has 18 nitrogen and oxygen atoms in total. The maximum absolute atomic E-state index is 13.3. The number of hydrogen-bond donors (Lipinski definition) is 5. The quantitative estimate of drug-likeness (QED) is 0.0429. The summed E-state index contributed by atoms with van der Waals surface area (Å²) in [6, 6.07) is 42.7. The topological polar surface area (TPSA) is 189 Å². The van der Waals surface area contributed by atoms with Crippen molar-refractivity contribution in [3.05, 3.63) is 156 Å². The second-order valence-electron chi connectivity index (χ2n) is 23.1. The van der Waals surface area contributed by atoms with Crippen molar-refractivity contribution in [1.82, 2.24) is 29.8 Å². The van der Waals surface area contributed by atoms with Crippen LogP contribution in [0.2, 0.25) is 0 Å². The number of nitrogens with zero attached hydrogens (tertiary/aromatic N) is 5. The van der Waals surface area contributed by atoms with E-state index in [2.05, 4.69) is 95.6 Å². The number of carbonyl (C=O) groups excluding carboxylic acids is 2. The van der Waals surface area contributed by atoms with Crippen LogP contribution in [-0.4, -0.2) is 140 Å². The number of rotatable bonds is 17. The summed E-state index contributed by atoms with van der Waals surface area (Å²) in [7, 11) is 3.39. The highest BCUT2D eigenvalue weighted by Crippen LogP contribution is 2.35. The minimum atomic E-state index is -0.347. The number of urea groups is 2. The molecule has 0 spiro atoms. The number of methoxy groups -OCH3 is 2. The van der Waals surface area contributed by atoms with Crippen LogP contribution in [0.4, 0.5) is 32.6 Å². The van der Waals surface area contributed by atoms with Crippen LogP contribution in [0.25, 0.3) is 32.9 Å². The number of amides is 4. The number of ether oxygens (including phenoxy) is 6. The van der Waals surface area contributed by atoms with Gasteiger partial charge in [0.25, 0.3) is 0 Å². The fourth-order valence-electron chi connectivity index (χ4n) is 9.61. The van der Waals surface area contributed by atoms with Crippen LogP contribution in [0.15, 0.2) is 133 Å². The lowest BCUT2D eigenvalue weighted by Crippen LogP contribution is -2.45. The first-order chi connectivity index (χ1) is 40.9. The van der Waals surface area contributed by atoms with Crippen molar-refractivity contribution in [2.45, 2.75) is 78.4 Å². The normalized spacial score (nSPS) is 15.5. The Morgan fingerprint density at radius 1 is 0.600 bits per heavy atom. The smallest absolute Gasteiger partial charge is 0.324 e. The molecule has 19 heteroatoms. The van der Waals surface area contributed by atoms with E-state index in [1.165, 1.54) is 0 Å². The summed E-state index contributed by atoms with van der Waals surface area (Å²) in [5.74, 6) is 2.80. The number of hydrogen-bond acceptors (Lipinski definition) is 12. The van der Waals surface area contributed by atoms with Gasteiger partial charge >= 0.3 is 12.1 Å². The fraction of sp³-hybridized carbons (Fsp3) is 0.394. The van der Waals surface area contributed by atoms with Gasteiger partial charge in [-0.15, -0.1) is 0 Å². The van der Waals surface area contributed by atoms with E-state index in [1.807, 2.05) is 147 Å². The summed E-state index contributed by atoms with van der Waals surface area (Å²) in [6.45, 7) is 25.1. The van der Waals surface area contributed by atoms with E-state index in [9.17, 15) is 9.59 Å². The molecule has 2 aliphatic rings. The zero-order chi connectivity index (χ0) is 60.5. The third-order valence-electron chi connectivity index (χ3n) is 14.2. The molecule has 8 aromatic rings. The number of nitrogens with one attached hydrogen (secondary N) is 5. The van der Waals surface area contributed by atoms with Crippen molar-refractivity contribution < 1.29 is 38.0 Å². The molecule has 2 atom stereocenters. The van der Waals surface area contributed by atoms with Crippen molar-refractivity contribution in [1.29, 1.82) is 0 Å². The van der Waals surface area contributed by atoms with Crippen LogP contribution in [0.5, 0.6) is 11.5 Å². The molecule has 85 heavy (non-hydrogen) atoms. The lowest BCUT2D eigenvalue weighted by Gasteiger charge is -2.32. The van der Waals surface area contributed by atoms with Gasteiger partial charge in [0, 0.05) is 95.9 Å². The summed E-state index contributed by atoms with van der Waals surface area (Å²) in [5, 5.41) is 28.6. The highest BCUT2D eigenvalue weighted by molar-refractivity contribution is 14.1. The summed E-state index contributed by atoms with van der Waals surface area (Å²) < 4.78 is 37.8. The van der Waals surface area contributed by atoms with Crippen LogP contribution >= 0.6 is 22.6 Å². The Labute approximate surface area is 513 Å². The standard InChI is InChI=1S/C33H41N5O4.C27H29IN4O2.C6H13NO2/c1-23-10-12-24(13-11-23)38-31(20-30(36-38)33(2,3)4)35-32(39)34-28-14-15-29(27-9-7-6-8-26(27)28)42-19-17-37-16-18-41-25(21-37)22-40-5;1-18-9-11-19(12-10-18)32-25(17-24(31-32)27(2,3)4)30-26(33)29-22-13-14-23(34-16-15-28)21-8-6-5-7-20(21)22;1-8-5-6-4-7-2-3-9-6/h6-15,20,25H,16-19,21-22H2,1-5H3,(H2,34,35,39);5-14,17H,15-16H2,1-4H3,(H2,29,30,33);6-7H,2-5H2,1H3. The van der Waals surface area contributed by atoms with E-state index in [0.717, 1.165) is 111 Å². The van der Waals surface area contributed by atoms with Gasteiger partial charge in [0.15, 0.2) is 0 Å². The molecule has 6 aromatic carbocycles. The number of benzene rings is 6. The number of fused-ring (bicyclic) bond motifs is 2. The Morgan fingerprint density at radius 3 is 1.51 bits per heavy atom. The Morgan fingerprint density at radius 2 is 1.06 bits per heavy atom. The van der Waals surface area contributed by atoms with Gasteiger partial charge in [0.1, 0.15) is 29.7 Å². The Bertz CT molecular complexity index is 3440. The molecule has 10 rings (SSSR count). The Hall–Kier alpha value is -7.11. The first-order valence-electron chi connectivity index (χ1n) is 28.9. The van der Waals surface area contributed by atoms with Crippen LogP contribution in [0.3, 0.4) is 0 Å². The minimum absolute atomic E-state index is 0.0941. The molecular weight excluding hydrogens is 1190 g/mol. The molecule has 2 fully saturated rings. The maximum Gasteiger partial charge on any atom is 0.324 e. The highest BCUT2D eigenvalue weighted by atomic mass is 127. The Balaban J connectivity index is 0.000000196. The van der Waals surface area contributed by atoms with Gasteiger partial charge in [-0.2, -0.15) is 10.2 Å². The van der Waals surface area contributed by atoms with E-state index >= 15 is 0 Å². The Kier molecular flexibility index (Phi) is 22.8. The van der Waals surface area contributed by atoms with E-state index < -0.39 is 0 Å². The zero-order valence-corrected chi connectivity index (χ0v) is 52.9. The molecule has 0 aliphatic carbocycles. The van der Waals surface area contributed by atoms with Crippen LogP contribution in [-0.2, 0) is 29.8 Å². The van der Waals surface area contributed by atoms with Crippen molar-refractivity contribution in [3.8, 4) is 22.9 Å². The van der Waals surface area contributed by atoms with E-state index in [4.69, 9.17) is 38.6 Å². The number of morpholine rings is 2. The lowest BCUT2D eigenvalue weighted by atomic mass is 9.92. The molecule has 5 N–H and O–H groups in total. The molecule has 2 unspecified atom stereocenters. The van der Waals surface area contributed by atoms with Gasteiger partial charge in [-0.25, -0.2) is 19.0 Å². The maximum atomic E-state index is 13.3. The third kappa shape index (κ3) is 18.0. The van der Waals surface area contributed by atoms with E-state index in [0.29, 0.717) is 56.0 Å². The van der Waals surface area contributed by atoms with E-state index in [-0.39, 0.29) is 35.1 Å². The first kappa shape index (κ1) is 63.9. The molecule has 0 radical (unpaired) electrons. The summed E-state index contributed by atoms with van der Waals surface area (Å²) >= 11 is 2.29. The van der Waals surface area contributed by atoms with Crippen LogP contribution in [0, 0.1) is 13.8 Å². The first-order valence-corrected chi connectivity index (χ1v) is 30.4. The van der Waals surface area contributed by atoms with Gasteiger partial charge in [-0.05, 0) is 62.4 Å². The van der Waals surface area contributed by atoms with Gasteiger partial charge < -0.3 is 44.4 Å². The number of halogens is 1. The molecule has 0 saturated carbocycles. The van der Waals surface area contributed by atoms with Gasteiger partial charge in [-0.1, -0.05) is 148 Å². The summed E-state index contributed by atoms with van der Waals surface area (Å²) in [5.41, 5.74) is 6.94. The zero-order valence-electron chi connectivity index (χ0n) is 50.7. The van der Waals surface area contributed by atoms with Crippen LogP contribution < -0.4 is 36.1 Å². The summed E-state index contributed by atoms with van der Waals surface area (Å²) in [6.07, 6.45) is 0.361. The minimum Gasteiger partial charge on any atom is -0.492 e. The van der Waals surface area contributed by atoms with Crippen molar-refractivity contribution >= 4 is 79.2 Å². The molecule has 2 aromatic heterocycles. The predicted molar refractivity (Wildman–Crippen MR) is 350 cm³/mol. The molecule has 4 amide bonds. The van der Waals surface area contributed by atoms with Crippen molar-refractivity contribution in [2.24, 2.45) is 0 Å². The van der Waals surface area contributed by atoms with Gasteiger partial charge in [-0.3, -0.25) is 15.5 Å². The molecule has 2 aliphatic heterocycles. The van der Waals surface area contributed by atoms with Gasteiger partial charge in [0.2, 0.25) is 0 Å². The molecule has 4 heterocycles. The SMILES string of the molecule is COCC1CN(CCOc2ccc(NC(=O)Nc3cc(C(C)(C)C)nn3-c3ccc(C)cc3)c3ccccc23)CCO1.COCC1CNCCO1.Cc1ccc(-n2nc(C(C)(C)C)cc2NC(=O)Nc2ccc(OCCI)c3ccccc23)cc1. The molecule has 452 valence electrons. The summed E-state index contributed by atoms with van der Waals surface area (Å²) in [4.78, 5) is 28.7. The number of aromatic nitrogens is 4. The third-order valence-corrected chi connectivity index (χ3v) is 14.6.